The molecule has 0 aliphatic carbocycles. The molecule has 3 aromatic heterocycles. The minimum Gasteiger partial charge on any atom is -0.373 e. The van der Waals surface area contributed by atoms with Gasteiger partial charge in [-0.3, -0.25) is 15.0 Å². The Hall–Kier alpha value is -3.25. The number of aromatic nitrogens is 3. The van der Waals surface area contributed by atoms with Crippen LogP contribution in [0.4, 0.5) is 8.78 Å². The van der Waals surface area contributed by atoms with Crippen molar-refractivity contribution >= 4 is 10.9 Å². The zero-order valence-electron chi connectivity index (χ0n) is 18.9. The van der Waals surface area contributed by atoms with E-state index in [4.69, 9.17) is 14.7 Å². The molecule has 33 heavy (non-hydrogen) atoms. The predicted molar refractivity (Wildman–Crippen MR) is 124 cm³/mol. The maximum atomic E-state index is 14.8. The van der Waals surface area contributed by atoms with Crippen molar-refractivity contribution < 1.29 is 13.5 Å². The number of fused-ring (bicyclic) bond motifs is 1. The van der Waals surface area contributed by atoms with E-state index in [1.807, 2.05) is 45.0 Å². The molecule has 4 nitrogen and oxygen atoms in total. The number of hydrogen-bond donors (Lipinski definition) is 0. The van der Waals surface area contributed by atoms with Crippen LogP contribution in [0.25, 0.3) is 22.2 Å². The molecule has 0 N–H and O–H groups in total. The Balaban J connectivity index is 1.62. The van der Waals surface area contributed by atoms with Crippen molar-refractivity contribution in [3.63, 3.8) is 0 Å². The standard InChI is InChI=1S/C27H25F2N3O/c1-15-10-22-25(31-17(15)3)14-24(32-27(22)21-5-4-20(28)13-23(21)29)18-7-9-33-26(12-18)19-6-8-30-16(2)11-19/h4-6,8,10-11,13-14,18,26H,7,9,12H2,1-3H3/t18-,26-/m1/s1. The van der Waals surface area contributed by atoms with Crippen molar-refractivity contribution in [1.82, 2.24) is 15.0 Å². The van der Waals surface area contributed by atoms with E-state index in [9.17, 15) is 8.78 Å². The lowest BCUT2D eigenvalue weighted by Gasteiger charge is -2.30. The van der Waals surface area contributed by atoms with Crippen molar-refractivity contribution in [1.29, 1.82) is 0 Å². The van der Waals surface area contributed by atoms with Crippen LogP contribution < -0.4 is 0 Å². The number of nitrogens with zero attached hydrogens (tertiary/aromatic N) is 3. The van der Waals surface area contributed by atoms with Crippen LogP contribution in [0.1, 0.15) is 53.1 Å². The number of ether oxygens (including phenoxy) is 1. The molecule has 1 aliphatic heterocycles. The van der Waals surface area contributed by atoms with Gasteiger partial charge < -0.3 is 4.74 Å². The summed E-state index contributed by atoms with van der Waals surface area (Å²) in [7, 11) is 0. The molecule has 1 fully saturated rings. The Morgan fingerprint density at radius 3 is 2.61 bits per heavy atom. The summed E-state index contributed by atoms with van der Waals surface area (Å²) < 4.78 is 34.5. The van der Waals surface area contributed by atoms with Gasteiger partial charge in [0.2, 0.25) is 0 Å². The maximum absolute atomic E-state index is 14.8. The molecule has 0 bridgehead atoms. The third kappa shape index (κ3) is 4.23. The smallest absolute Gasteiger partial charge is 0.135 e. The molecule has 168 valence electrons. The van der Waals surface area contributed by atoms with Gasteiger partial charge >= 0.3 is 0 Å². The Morgan fingerprint density at radius 1 is 0.970 bits per heavy atom. The molecule has 5 rings (SSSR count). The predicted octanol–water partition coefficient (Wildman–Crippen LogP) is 6.53. The lowest BCUT2D eigenvalue weighted by atomic mass is 9.88. The molecular formula is C27H25F2N3O. The zero-order valence-corrected chi connectivity index (χ0v) is 18.9. The van der Waals surface area contributed by atoms with Crippen molar-refractivity contribution in [2.24, 2.45) is 0 Å². The third-order valence-electron chi connectivity index (χ3n) is 6.46. The minimum absolute atomic E-state index is 0.0540. The number of benzene rings is 1. The Morgan fingerprint density at radius 2 is 1.82 bits per heavy atom. The topological polar surface area (TPSA) is 47.9 Å². The first kappa shape index (κ1) is 21.6. The molecule has 0 spiro atoms. The number of rotatable bonds is 3. The van der Waals surface area contributed by atoms with E-state index in [-0.39, 0.29) is 17.6 Å². The van der Waals surface area contributed by atoms with E-state index in [0.29, 0.717) is 12.3 Å². The van der Waals surface area contributed by atoms with Crippen molar-refractivity contribution in [3.8, 4) is 11.3 Å². The summed E-state index contributed by atoms with van der Waals surface area (Å²) in [6.07, 6.45) is 3.32. The number of hydrogen-bond acceptors (Lipinski definition) is 4. The van der Waals surface area contributed by atoms with Crippen LogP contribution in [-0.2, 0) is 4.74 Å². The zero-order chi connectivity index (χ0) is 23.1. The minimum atomic E-state index is -0.628. The molecule has 1 saturated heterocycles. The normalized spacial score (nSPS) is 18.6. The van der Waals surface area contributed by atoms with Gasteiger partial charge in [0, 0.05) is 52.8 Å². The van der Waals surface area contributed by atoms with Crippen molar-refractivity contribution in [3.05, 3.63) is 88.5 Å². The lowest BCUT2D eigenvalue weighted by molar-refractivity contribution is 0.00460. The summed E-state index contributed by atoms with van der Waals surface area (Å²) in [5.74, 6) is -1.11. The van der Waals surface area contributed by atoms with E-state index in [2.05, 4.69) is 4.98 Å². The number of halogens is 2. The second-order valence-electron chi connectivity index (χ2n) is 8.79. The molecule has 1 aromatic carbocycles. The molecule has 2 atom stereocenters. The fourth-order valence-corrected chi connectivity index (χ4v) is 4.55. The van der Waals surface area contributed by atoms with Crippen LogP contribution in [0.15, 0.2) is 48.7 Å². The highest BCUT2D eigenvalue weighted by Gasteiger charge is 2.27. The summed E-state index contributed by atoms with van der Waals surface area (Å²) in [5, 5.41) is 0.765. The quantitative estimate of drug-likeness (QED) is 0.360. The molecule has 1 aliphatic rings. The number of aryl methyl sites for hydroxylation is 3. The Bertz CT molecular complexity index is 1360. The largest absolute Gasteiger partial charge is 0.373 e. The molecule has 0 unspecified atom stereocenters. The second kappa shape index (κ2) is 8.60. The molecule has 4 aromatic rings. The van der Waals surface area contributed by atoms with Crippen LogP contribution in [0.2, 0.25) is 0 Å². The van der Waals surface area contributed by atoms with E-state index in [1.165, 1.54) is 12.1 Å². The van der Waals surface area contributed by atoms with Crippen LogP contribution in [-0.4, -0.2) is 21.6 Å². The molecule has 0 radical (unpaired) electrons. The SMILES string of the molecule is Cc1cc([C@H]2C[C@H](c3cc4nc(C)c(C)cc4c(-c4ccc(F)cc4F)n3)CCO2)ccn1. The summed E-state index contributed by atoms with van der Waals surface area (Å²) in [6.45, 7) is 6.51. The van der Waals surface area contributed by atoms with E-state index in [1.54, 1.807) is 6.20 Å². The van der Waals surface area contributed by atoms with Gasteiger partial charge in [-0.05, 0) is 81.1 Å². The van der Waals surface area contributed by atoms with Crippen LogP contribution >= 0.6 is 0 Å². The molecule has 0 saturated carbocycles. The van der Waals surface area contributed by atoms with Gasteiger partial charge in [0.05, 0.1) is 17.3 Å². The first-order valence-electron chi connectivity index (χ1n) is 11.2. The number of pyridine rings is 3. The summed E-state index contributed by atoms with van der Waals surface area (Å²) in [6, 6.07) is 11.7. The summed E-state index contributed by atoms with van der Waals surface area (Å²) in [4.78, 5) is 14.0. The van der Waals surface area contributed by atoms with Crippen molar-refractivity contribution in [2.75, 3.05) is 6.61 Å². The van der Waals surface area contributed by atoms with Crippen LogP contribution in [0.5, 0.6) is 0 Å². The molecule has 0 amide bonds. The average Bonchev–Trinajstić information content (AvgIpc) is 2.80. The lowest BCUT2D eigenvalue weighted by Crippen LogP contribution is -2.20. The van der Waals surface area contributed by atoms with Gasteiger partial charge in [-0.15, -0.1) is 0 Å². The summed E-state index contributed by atoms with van der Waals surface area (Å²) in [5.41, 5.74) is 6.37. The highest BCUT2D eigenvalue weighted by atomic mass is 19.1. The van der Waals surface area contributed by atoms with E-state index >= 15 is 0 Å². The van der Waals surface area contributed by atoms with Gasteiger partial charge in [0.25, 0.3) is 0 Å². The van der Waals surface area contributed by atoms with Gasteiger partial charge in [0.1, 0.15) is 11.6 Å². The van der Waals surface area contributed by atoms with Crippen LogP contribution in [0.3, 0.4) is 0 Å². The fourth-order valence-electron chi connectivity index (χ4n) is 4.55. The van der Waals surface area contributed by atoms with E-state index < -0.39 is 11.6 Å². The highest BCUT2D eigenvalue weighted by molar-refractivity contribution is 5.93. The monoisotopic (exact) mass is 445 g/mol. The highest BCUT2D eigenvalue weighted by Crippen LogP contribution is 2.39. The summed E-state index contributed by atoms with van der Waals surface area (Å²) >= 11 is 0. The van der Waals surface area contributed by atoms with Gasteiger partial charge in [-0.25, -0.2) is 8.78 Å². The first-order valence-corrected chi connectivity index (χ1v) is 11.2. The second-order valence-corrected chi connectivity index (χ2v) is 8.79. The average molecular weight is 446 g/mol. The van der Waals surface area contributed by atoms with Gasteiger partial charge in [-0.1, -0.05) is 0 Å². The Kier molecular flexibility index (Phi) is 5.62. The van der Waals surface area contributed by atoms with Crippen LogP contribution in [0, 0.1) is 32.4 Å². The molecular weight excluding hydrogens is 420 g/mol. The molecule has 4 heterocycles. The molecule has 6 heteroatoms. The van der Waals surface area contributed by atoms with Gasteiger partial charge in [0.15, 0.2) is 0 Å². The van der Waals surface area contributed by atoms with Gasteiger partial charge in [-0.2, -0.15) is 0 Å². The van der Waals surface area contributed by atoms with Crippen molar-refractivity contribution in [2.45, 2.75) is 45.6 Å². The third-order valence-corrected chi connectivity index (χ3v) is 6.46. The Labute approximate surface area is 191 Å². The fraction of sp³-hybridized carbons (Fsp3) is 0.296. The van der Waals surface area contributed by atoms with E-state index in [0.717, 1.165) is 58.0 Å². The maximum Gasteiger partial charge on any atom is 0.135 e. The first-order chi connectivity index (χ1) is 15.9.